The molecule has 0 aromatic heterocycles. The van der Waals surface area contributed by atoms with Gasteiger partial charge in [0.15, 0.2) is 6.10 Å². The lowest BCUT2D eigenvalue weighted by molar-refractivity contribution is -0.145. The number of carboxylic acid groups (broad SMARTS) is 1. The first kappa shape index (κ1) is 14.1. The van der Waals surface area contributed by atoms with E-state index >= 15 is 0 Å². The lowest BCUT2D eigenvalue weighted by Gasteiger charge is -2.16. The van der Waals surface area contributed by atoms with Crippen molar-refractivity contribution < 1.29 is 14.6 Å². The highest BCUT2D eigenvalue weighted by Crippen LogP contribution is 2.19. The summed E-state index contributed by atoms with van der Waals surface area (Å²) >= 11 is 0. The maximum Gasteiger partial charge on any atom is 0.345 e. The molecule has 0 aliphatic rings. The van der Waals surface area contributed by atoms with Gasteiger partial charge in [0.25, 0.3) is 0 Å². The maximum atomic E-state index is 11.4. The molecule has 0 spiro atoms. The van der Waals surface area contributed by atoms with Gasteiger partial charge in [0.1, 0.15) is 5.75 Å². The third-order valence-corrected chi connectivity index (χ3v) is 3.01. The molecule has 0 bridgehead atoms. The minimum atomic E-state index is -0.951. The molecule has 2 aromatic rings. The lowest BCUT2D eigenvalue weighted by Crippen LogP contribution is -2.29. The third kappa shape index (κ3) is 3.85. The Morgan fingerprint density at radius 2 is 1.70 bits per heavy atom. The number of benzene rings is 2. The van der Waals surface area contributed by atoms with Crippen LogP contribution in [-0.4, -0.2) is 17.2 Å². The van der Waals surface area contributed by atoms with Crippen LogP contribution >= 0.6 is 0 Å². The summed E-state index contributed by atoms with van der Waals surface area (Å²) < 4.78 is 5.64. The molecule has 1 N–H and O–H groups in total. The molecule has 0 saturated carbocycles. The van der Waals surface area contributed by atoms with Crippen LogP contribution in [0.5, 0.6) is 5.75 Å². The van der Waals surface area contributed by atoms with E-state index in [4.69, 9.17) is 4.74 Å². The van der Waals surface area contributed by atoms with E-state index in [1.54, 1.807) is 0 Å². The molecule has 0 aliphatic carbocycles. The van der Waals surface area contributed by atoms with Gasteiger partial charge in [0.2, 0.25) is 0 Å². The van der Waals surface area contributed by atoms with Gasteiger partial charge in [-0.25, -0.2) is 4.79 Å². The Bertz CT molecular complexity index is 570. The number of aliphatic carboxylic acids is 1. The van der Waals surface area contributed by atoms with Crippen molar-refractivity contribution in [3.8, 4) is 5.75 Å². The first-order chi connectivity index (χ1) is 9.54. The molecule has 0 saturated heterocycles. The zero-order valence-corrected chi connectivity index (χ0v) is 11.7. The van der Waals surface area contributed by atoms with Crippen LogP contribution in [0.4, 0.5) is 0 Å². The van der Waals surface area contributed by atoms with E-state index < -0.39 is 12.1 Å². The van der Waals surface area contributed by atoms with Crippen LogP contribution in [-0.2, 0) is 11.2 Å². The first-order valence-electron chi connectivity index (χ1n) is 6.56. The highest BCUT2D eigenvalue weighted by Gasteiger charge is 2.20. The number of rotatable bonds is 5. The molecule has 0 heterocycles. The van der Waals surface area contributed by atoms with E-state index in [0.29, 0.717) is 12.2 Å². The van der Waals surface area contributed by atoms with Crippen molar-refractivity contribution in [2.45, 2.75) is 26.4 Å². The van der Waals surface area contributed by atoms with E-state index in [0.717, 1.165) is 16.7 Å². The molecule has 0 amide bonds. The molecular formula is C17H18O3. The van der Waals surface area contributed by atoms with Crippen LogP contribution in [0.15, 0.2) is 48.5 Å². The Morgan fingerprint density at radius 1 is 1.10 bits per heavy atom. The van der Waals surface area contributed by atoms with Crippen molar-refractivity contribution in [1.29, 1.82) is 0 Å². The number of hydrogen-bond acceptors (Lipinski definition) is 2. The Kier molecular flexibility index (Phi) is 4.41. The molecule has 3 heteroatoms. The van der Waals surface area contributed by atoms with Gasteiger partial charge in [-0.3, -0.25) is 0 Å². The Labute approximate surface area is 118 Å². The van der Waals surface area contributed by atoms with Gasteiger partial charge in [0, 0.05) is 6.42 Å². The first-order valence-corrected chi connectivity index (χ1v) is 6.56. The van der Waals surface area contributed by atoms with E-state index in [9.17, 15) is 9.90 Å². The molecule has 0 radical (unpaired) electrons. The number of hydrogen-bond donors (Lipinski definition) is 1. The molecule has 0 fully saturated rings. The summed E-state index contributed by atoms with van der Waals surface area (Å²) in [6.07, 6.45) is -0.526. The van der Waals surface area contributed by atoms with Crippen molar-refractivity contribution in [3.63, 3.8) is 0 Å². The van der Waals surface area contributed by atoms with Crippen LogP contribution < -0.4 is 4.74 Å². The van der Waals surface area contributed by atoms with E-state index in [2.05, 4.69) is 0 Å². The van der Waals surface area contributed by atoms with Crippen molar-refractivity contribution in [1.82, 2.24) is 0 Å². The molecular weight excluding hydrogens is 252 g/mol. The molecule has 2 rings (SSSR count). The third-order valence-electron chi connectivity index (χ3n) is 3.01. The van der Waals surface area contributed by atoms with Crippen molar-refractivity contribution >= 4 is 5.97 Å². The Balaban J connectivity index is 2.15. The summed E-state index contributed by atoms with van der Waals surface area (Å²) in [6, 6.07) is 15.2. The van der Waals surface area contributed by atoms with E-state index in [1.807, 2.05) is 62.4 Å². The zero-order valence-electron chi connectivity index (χ0n) is 11.7. The van der Waals surface area contributed by atoms with Gasteiger partial charge in [-0.15, -0.1) is 0 Å². The van der Waals surface area contributed by atoms with Crippen LogP contribution in [0.3, 0.4) is 0 Å². The summed E-state index contributed by atoms with van der Waals surface area (Å²) in [7, 11) is 0. The van der Waals surface area contributed by atoms with Gasteiger partial charge in [0.05, 0.1) is 0 Å². The van der Waals surface area contributed by atoms with Crippen LogP contribution in [0.2, 0.25) is 0 Å². The molecule has 20 heavy (non-hydrogen) atoms. The van der Waals surface area contributed by atoms with Gasteiger partial charge >= 0.3 is 5.97 Å². The van der Waals surface area contributed by atoms with Crippen molar-refractivity contribution in [2.24, 2.45) is 0 Å². The summed E-state index contributed by atoms with van der Waals surface area (Å²) in [5.74, 6) is -0.348. The molecule has 104 valence electrons. The van der Waals surface area contributed by atoms with Crippen LogP contribution in [0.25, 0.3) is 0 Å². The highest BCUT2D eigenvalue weighted by atomic mass is 16.5. The minimum Gasteiger partial charge on any atom is -0.478 e. The van der Waals surface area contributed by atoms with Gasteiger partial charge in [-0.05, 0) is 42.7 Å². The molecule has 0 aliphatic heterocycles. The maximum absolute atomic E-state index is 11.4. The largest absolute Gasteiger partial charge is 0.478 e. The monoisotopic (exact) mass is 270 g/mol. The average Bonchev–Trinajstić information content (AvgIpc) is 2.38. The quantitative estimate of drug-likeness (QED) is 0.906. The number of carbonyl (C=O) groups is 1. The fourth-order valence-electron chi connectivity index (χ4n) is 2.17. The minimum absolute atomic E-state index is 0.350. The summed E-state index contributed by atoms with van der Waals surface area (Å²) in [6.45, 7) is 3.93. The van der Waals surface area contributed by atoms with Crippen molar-refractivity contribution in [2.75, 3.05) is 0 Å². The van der Waals surface area contributed by atoms with Crippen LogP contribution in [0, 0.1) is 13.8 Å². The number of ether oxygens (including phenoxy) is 1. The number of carboxylic acids is 1. The zero-order chi connectivity index (χ0) is 14.5. The highest BCUT2D eigenvalue weighted by molar-refractivity contribution is 5.73. The van der Waals surface area contributed by atoms with Crippen molar-refractivity contribution in [3.05, 3.63) is 65.2 Å². The standard InChI is InChI=1S/C17H18O3/c1-12-8-13(2)10-15(9-12)20-16(17(18)19)11-14-6-4-3-5-7-14/h3-10,16H,11H2,1-2H3,(H,18,19). The smallest absolute Gasteiger partial charge is 0.345 e. The molecule has 1 atom stereocenters. The topological polar surface area (TPSA) is 46.5 Å². The lowest BCUT2D eigenvalue weighted by atomic mass is 10.1. The molecule has 1 unspecified atom stereocenters. The van der Waals surface area contributed by atoms with E-state index in [1.165, 1.54) is 0 Å². The normalized spacial score (nSPS) is 11.9. The van der Waals surface area contributed by atoms with E-state index in [-0.39, 0.29) is 0 Å². The summed E-state index contributed by atoms with van der Waals surface area (Å²) in [4.78, 5) is 11.4. The fourth-order valence-corrected chi connectivity index (χ4v) is 2.17. The molecule has 2 aromatic carbocycles. The Hall–Kier alpha value is -2.29. The second-order valence-corrected chi connectivity index (χ2v) is 4.96. The average molecular weight is 270 g/mol. The number of aryl methyl sites for hydroxylation is 2. The van der Waals surface area contributed by atoms with Gasteiger partial charge < -0.3 is 9.84 Å². The van der Waals surface area contributed by atoms with Crippen LogP contribution in [0.1, 0.15) is 16.7 Å². The summed E-state index contributed by atoms with van der Waals surface area (Å²) in [5, 5.41) is 9.31. The molecule has 3 nitrogen and oxygen atoms in total. The second kappa shape index (κ2) is 6.24. The van der Waals surface area contributed by atoms with Gasteiger partial charge in [-0.2, -0.15) is 0 Å². The fraction of sp³-hybridized carbons (Fsp3) is 0.235. The Morgan fingerprint density at radius 3 is 2.25 bits per heavy atom. The van der Waals surface area contributed by atoms with Gasteiger partial charge in [-0.1, -0.05) is 36.4 Å². The predicted molar refractivity (Wildman–Crippen MR) is 78.1 cm³/mol. The summed E-state index contributed by atoms with van der Waals surface area (Å²) in [5.41, 5.74) is 3.07. The predicted octanol–water partition coefficient (Wildman–Crippen LogP) is 3.38. The SMILES string of the molecule is Cc1cc(C)cc(OC(Cc2ccccc2)C(=O)O)c1. The second-order valence-electron chi connectivity index (χ2n) is 4.96.